The van der Waals surface area contributed by atoms with Gasteiger partial charge in [0.25, 0.3) is 0 Å². The average molecular weight is 263 g/mol. The van der Waals surface area contributed by atoms with Crippen molar-refractivity contribution >= 4 is 0 Å². The van der Waals surface area contributed by atoms with Gasteiger partial charge in [-0.3, -0.25) is 0 Å². The Kier molecular flexibility index (Phi) is 4.67. The second-order valence-corrected chi connectivity index (χ2v) is 6.92. The Hall–Kier alpha value is -0.830. The topological polar surface area (TPSA) is 29.9 Å². The Balaban J connectivity index is 1.92. The molecule has 0 aliphatic heterocycles. The summed E-state index contributed by atoms with van der Waals surface area (Å²) in [6.45, 7) is 11.1. The van der Waals surface area contributed by atoms with Crippen molar-refractivity contribution < 1.29 is 0 Å². The van der Waals surface area contributed by atoms with Gasteiger partial charge in [-0.15, -0.1) is 0 Å². The van der Waals surface area contributed by atoms with E-state index >= 15 is 0 Å². The van der Waals surface area contributed by atoms with Crippen molar-refractivity contribution in [2.75, 3.05) is 6.54 Å². The van der Waals surface area contributed by atoms with Crippen LogP contribution < -0.4 is 5.32 Å². The van der Waals surface area contributed by atoms with Crippen LogP contribution in [0.4, 0.5) is 0 Å². The average Bonchev–Trinajstić information content (AvgIpc) is 2.95. The van der Waals surface area contributed by atoms with Gasteiger partial charge in [0, 0.05) is 30.9 Å². The van der Waals surface area contributed by atoms with Crippen molar-refractivity contribution in [3.05, 3.63) is 18.2 Å². The van der Waals surface area contributed by atoms with Gasteiger partial charge < -0.3 is 9.88 Å². The van der Waals surface area contributed by atoms with Crippen molar-refractivity contribution in [2.45, 2.75) is 65.5 Å². The lowest BCUT2D eigenvalue weighted by atomic mass is 9.91. The fourth-order valence-corrected chi connectivity index (χ4v) is 3.14. The molecule has 1 aliphatic carbocycles. The highest BCUT2D eigenvalue weighted by Crippen LogP contribution is 2.33. The minimum Gasteiger partial charge on any atom is -0.335 e. The standard InChI is InChI=1S/C16H29N3/c1-5-19-10-9-17-15(19)11-13-7-6-8-14(13)12-18-16(2,3)4/h9-10,13-14,18H,5-8,11-12H2,1-4H3. The van der Waals surface area contributed by atoms with Crippen molar-refractivity contribution in [3.63, 3.8) is 0 Å². The molecular formula is C16H29N3. The molecular weight excluding hydrogens is 234 g/mol. The molecule has 0 radical (unpaired) electrons. The van der Waals surface area contributed by atoms with Gasteiger partial charge in [0.15, 0.2) is 0 Å². The van der Waals surface area contributed by atoms with Gasteiger partial charge in [0.05, 0.1) is 0 Å². The molecule has 0 amide bonds. The third kappa shape index (κ3) is 4.07. The lowest BCUT2D eigenvalue weighted by molar-refractivity contribution is 0.312. The van der Waals surface area contributed by atoms with Crippen molar-refractivity contribution in [1.29, 1.82) is 0 Å². The zero-order valence-corrected chi connectivity index (χ0v) is 12.9. The van der Waals surface area contributed by atoms with Crippen LogP contribution in [0.15, 0.2) is 12.4 Å². The first-order chi connectivity index (χ1) is 8.99. The quantitative estimate of drug-likeness (QED) is 0.884. The van der Waals surface area contributed by atoms with E-state index in [1.54, 1.807) is 0 Å². The first-order valence-electron chi connectivity index (χ1n) is 7.74. The van der Waals surface area contributed by atoms with E-state index in [0.717, 1.165) is 31.3 Å². The molecule has 0 spiro atoms. The van der Waals surface area contributed by atoms with Gasteiger partial charge in [-0.05, 0) is 58.9 Å². The number of nitrogens with one attached hydrogen (secondary N) is 1. The number of rotatable bonds is 5. The third-order valence-electron chi connectivity index (χ3n) is 4.30. The van der Waals surface area contributed by atoms with E-state index in [4.69, 9.17) is 0 Å². The van der Waals surface area contributed by atoms with Gasteiger partial charge in [-0.2, -0.15) is 0 Å². The zero-order chi connectivity index (χ0) is 13.9. The summed E-state index contributed by atoms with van der Waals surface area (Å²) in [4.78, 5) is 4.54. The molecule has 108 valence electrons. The van der Waals surface area contributed by atoms with Crippen LogP contribution in [0, 0.1) is 11.8 Å². The van der Waals surface area contributed by atoms with Crippen LogP contribution >= 0.6 is 0 Å². The molecule has 1 aromatic rings. The normalized spacial score (nSPS) is 24.0. The fourth-order valence-electron chi connectivity index (χ4n) is 3.14. The summed E-state index contributed by atoms with van der Waals surface area (Å²) >= 11 is 0. The maximum atomic E-state index is 4.54. The maximum Gasteiger partial charge on any atom is 0.108 e. The van der Waals surface area contributed by atoms with Crippen LogP contribution in [0.2, 0.25) is 0 Å². The van der Waals surface area contributed by atoms with Crippen LogP contribution in [0.25, 0.3) is 0 Å². The van der Waals surface area contributed by atoms with E-state index in [-0.39, 0.29) is 5.54 Å². The predicted molar refractivity (Wildman–Crippen MR) is 80.2 cm³/mol. The van der Waals surface area contributed by atoms with E-state index < -0.39 is 0 Å². The smallest absolute Gasteiger partial charge is 0.108 e. The van der Waals surface area contributed by atoms with E-state index in [0.29, 0.717) is 0 Å². The first kappa shape index (κ1) is 14.6. The molecule has 0 bridgehead atoms. The molecule has 1 aliphatic rings. The Labute approximate surface area is 117 Å². The molecule has 19 heavy (non-hydrogen) atoms. The van der Waals surface area contributed by atoms with Gasteiger partial charge in [0.1, 0.15) is 5.82 Å². The summed E-state index contributed by atoms with van der Waals surface area (Å²) in [7, 11) is 0. The Bertz CT molecular complexity index is 389. The Morgan fingerprint density at radius 3 is 2.74 bits per heavy atom. The molecule has 2 rings (SSSR count). The van der Waals surface area contributed by atoms with Crippen LogP contribution in [0.1, 0.15) is 52.8 Å². The summed E-state index contributed by atoms with van der Waals surface area (Å²) < 4.78 is 2.28. The van der Waals surface area contributed by atoms with Crippen molar-refractivity contribution in [1.82, 2.24) is 14.9 Å². The lowest BCUT2D eigenvalue weighted by Gasteiger charge is -2.26. The second kappa shape index (κ2) is 6.08. The van der Waals surface area contributed by atoms with Gasteiger partial charge in [-0.25, -0.2) is 4.98 Å². The van der Waals surface area contributed by atoms with Crippen molar-refractivity contribution in [2.24, 2.45) is 11.8 Å². The molecule has 0 aromatic carbocycles. The minimum absolute atomic E-state index is 0.231. The highest BCUT2D eigenvalue weighted by Gasteiger charge is 2.29. The summed E-state index contributed by atoms with van der Waals surface area (Å²) in [6, 6.07) is 0. The molecule has 3 nitrogen and oxygen atoms in total. The van der Waals surface area contributed by atoms with Crippen LogP contribution in [-0.2, 0) is 13.0 Å². The zero-order valence-electron chi connectivity index (χ0n) is 12.9. The molecule has 1 aromatic heterocycles. The van der Waals surface area contributed by atoms with Gasteiger partial charge in [0.2, 0.25) is 0 Å². The van der Waals surface area contributed by atoms with Gasteiger partial charge >= 0.3 is 0 Å². The van der Waals surface area contributed by atoms with E-state index in [2.05, 4.69) is 48.8 Å². The SMILES string of the molecule is CCn1ccnc1CC1CCCC1CNC(C)(C)C. The maximum absolute atomic E-state index is 4.54. The van der Waals surface area contributed by atoms with Crippen LogP contribution in [0.3, 0.4) is 0 Å². The molecule has 0 saturated heterocycles. The largest absolute Gasteiger partial charge is 0.335 e. The van der Waals surface area contributed by atoms with E-state index in [1.165, 1.54) is 25.1 Å². The van der Waals surface area contributed by atoms with E-state index in [1.807, 2.05) is 6.20 Å². The van der Waals surface area contributed by atoms with Gasteiger partial charge in [-0.1, -0.05) is 6.42 Å². The van der Waals surface area contributed by atoms with E-state index in [9.17, 15) is 0 Å². The summed E-state index contributed by atoms with van der Waals surface area (Å²) in [6.07, 6.45) is 9.32. The van der Waals surface area contributed by atoms with Crippen molar-refractivity contribution in [3.8, 4) is 0 Å². The number of hydrogen-bond donors (Lipinski definition) is 1. The number of aryl methyl sites for hydroxylation is 1. The Morgan fingerprint density at radius 1 is 1.32 bits per heavy atom. The highest BCUT2D eigenvalue weighted by atomic mass is 15.1. The number of imidazole rings is 1. The number of hydrogen-bond acceptors (Lipinski definition) is 2. The number of nitrogens with zero attached hydrogens (tertiary/aromatic N) is 2. The predicted octanol–water partition coefficient (Wildman–Crippen LogP) is 3.25. The fraction of sp³-hybridized carbons (Fsp3) is 0.812. The highest BCUT2D eigenvalue weighted by molar-refractivity contribution is 4.96. The van der Waals surface area contributed by atoms with Crippen LogP contribution in [-0.4, -0.2) is 21.6 Å². The summed E-state index contributed by atoms with van der Waals surface area (Å²) in [5.74, 6) is 2.90. The number of aromatic nitrogens is 2. The minimum atomic E-state index is 0.231. The third-order valence-corrected chi connectivity index (χ3v) is 4.30. The molecule has 1 heterocycles. The molecule has 1 fully saturated rings. The Morgan fingerprint density at radius 2 is 2.05 bits per heavy atom. The summed E-state index contributed by atoms with van der Waals surface area (Å²) in [5, 5.41) is 3.67. The lowest BCUT2D eigenvalue weighted by Crippen LogP contribution is -2.40. The molecule has 1 N–H and O–H groups in total. The van der Waals surface area contributed by atoms with Crippen LogP contribution in [0.5, 0.6) is 0 Å². The molecule has 2 unspecified atom stereocenters. The monoisotopic (exact) mass is 263 g/mol. The molecule has 2 atom stereocenters. The molecule has 3 heteroatoms. The molecule has 1 saturated carbocycles. The first-order valence-corrected chi connectivity index (χ1v) is 7.74. The second-order valence-electron chi connectivity index (χ2n) is 6.92. The summed E-state index contributed by atoms with van der Waals surface area (Å²) in [5.41, 5.74) is 0.231.